The van der Waals surface area contributed by atoms with Crippen LogP contribution in [0.25, 0.3) is 0 Å². The van der Waals surface area contributed by atoms with Gasteiger partial charge in [-0.05, 0) is 91.8 Å². The molecule has 0 heterocycles. The zero-order valence-electron chi connectivity index (χ0n) is 20.2. The zero-order chi connectivity index (χ0) is 22.6. The molecule has 0 N–H and O–H groups in total. The van der Waals surface area contributed by atoms with Gasteiger partial charge in [0.25, 0.3) is 0 Å². The maximum atomic E-state index is 12.1. The molecule has 10 atom stereocenters. The van der Waals surface area contributed by atoms with Gasteiger partial charge in [-0.2, -0.15) is 0 Å². The molecule has 0 saturated heterocycles. The van der Waals surface area contributed by atoms with Crippen LogP contribution in [0.3, 0.4) is 0 Å². The molecule has 0 spiro atoms. The first-order valence-electron chi connectivity index (χ1n) is 12.6. The van der Waals surface area contributed by atoms with Crippen molar-refractivity contribution in [1.82, 2.24) is 0 Å². The van der Waals surface area contributed by atoms with Crippen molar-refractivity contribution in [3.63, 3.8) is 0 Å². The zero-order valence-corrected chi connectivity index (χ0v) is 20.2. The summed E-state index contributed by atoms with van der Waals surface area (Å²) in [4.78, 5) is 23.7. The number of allylic oxidation sites excluding steroid dienone is 1. The van der Waals surface area contributed by atoms with E-state index in [2.05, 4.69) is 33.4 Å². The highest BCUT2D eigenvalue weighted by atomic mass is 16.5. The number of rotatable bonds is 4. The van der Waals surface area contributed by atoms with Crippen LogP contribution in [0.5, 0.6) is 0 Å². The summed E-state index contributed by atoms with van der Waals surface area (Å²) >= 11 is 0. The Morgan fingerprint density at radius 1 is 0.935 bits per heavy atom. The summed E-state index contributed by atoms with van der Waals surface area (Å²) < 4.78 is 11.7. The molecule has 0 aromatic carbocycles. The summed E-state index contributed by atoms with van der Waals surface area (Å²) in [5.41, 5.74) is 0.562. The lowest BCUT2D eigenvalue weighted by atomic mass is 9.43. The molecule has 0 aromatic rings. The Labute approximate surface area is 188 Å². The molecule has 4 rings (SSSR count). The molecule has 4 fully saturated rings. The summed E-state index contributed by atoms with van der Waals surface area (Å²) in [6, 6.07) is 0. The molecular weight excluding hydrogens is 388 g/mol. The molecule has 4 aliphatic rings. The van der Waals surface area contributed by atoms with Crippen LogP contribution in [0.15, 0.2) is 12.7 Å². The van der Waals surface area contributed by atoms with Crippen molar-refractivity contribution >= 4 is 11.9 Å². The van der Waals surface area contributed by atoms with Crippen LogP contribution in [-0.2, 0) is 19.1 Å². The van der Waals surface area contributed by atoms with Crippen LogP contribution in [0.1, 0.15) is 86.0 Å². The molecule has 0 amide bonds. The van der Waals surface area contributed by atoms with Gasteiger partial charge < -0.3 is 9.47 Å². The van der Waals surface area contributed by atoms with E-state index in [1.807, 2.05) is 0 Å². The molecular formula is C27H42O4. The molecule has 4 heteroatoms. The van der Waals surface area contributed by atoms with E-state index < -0.39 is 0 Å². The highest BCUT2D eigenvalue weighted by Gasteiger charge is 2.63. The number of carbonyl (C=O) groups excluding carboxylic acids is 2. The van der Waals surface area contributed by atoms with Crippen molar-refractivity contribution < 1.29 is 19.1 Å². The van der Waals surface area contributed by atoms with Crippen LogP contribution in [0.2, 0.25) is 0 Å². The van der Waals surface area contributed by atoms with Crippen molar-refractivity contribution in [1.29, 1.82) is 0 Å². The summed E-state index contributed by atoms with van der Waals surface area (Å²) in [6.07, 6.45) is 11.1. The Hall–Kier alpha value is -1.32. The highest BCUT2D eigenvalue weighted by molar-refractivity contribution is 5.66. The first-order valence-corrected chi connectivity index (χ1v) is 12.6. The SMILES string of the molecule is C=C[C@@H](C)[C@H]1CC[C@H]2[C@@H]3[C@@H](OC(C)=O)C[C@@H]4C[C@H](OC(C)=O)CC[C@]4(C)[C@H]3CC[C@]12C. The second kappa shape index (κ2) is 8.23. The minimum atomic E-state index is -0.180. The van der Waals surface area contributed by atoms with Gasteiger partial charge in [-0.15, -0.1) is 6.58 Å². The Morgan fingerprint density at radius 2 is 1.58 bits per heavy atom. The van der Waals surface area contributed by atoms with Gasteiger partial charge in [0.05, 0.1) is 0 Å². The molecule has 174 valence electrons. The van der Waals surface area contributed by atoms with E-state index in [1.54, 1.807) is 6.92 Å². The molecule has 4 saturated carbocycles. The quantitative estimate of drug-likeness (QED) is 0.409. The Balaban J connectivity index is 1.65. The average molecular weight is 431 g/mol. The predicted octanol–water partition coefficient (Wildman–Crippen LogP) is 5.94. The van der Waals surface area contributed by atoms with Crippen LogP contribution >= 0.6 is 0 Å². The summed E-state index contributed by atoms with van der Waals surface area (Å²) in [5, 5.41) is 0. The average Bonchev–Trinajstić information content (AvgIpc) is 3.04. The van der Waals surface area contributed by atoms with Gasteiger partial charge >= 0.3 is 11.9 Å². The Bertz CT molecular complexity index is 731. The standard InChI is InChI=1S/C27H42O4/c1-7-16(2)21-8-9-22-25-23(11-13-27(21,22)6)26(5)12-10-20(30-17(3)28)14-19(26)15-24(25)31-18(4)29/h7,16,19-25H,1,8-15H2,2-6H3/t16-,19+,20-,21-,22+,23+,24+,25+,26+,27-/m1/s1. The molecule has 0 unspecified atom stereocenters. The minimum absolute atomic E-state index is 0.000865. The van der Waals surface area contributed by atoms with Gasteiger partial charge in [-0.3, -0.25) is 9.59 Å². The smallest absolute Gasteiger partial charge is 0.302 e. The van der Waals surface area contributed by atoms with Gasteiger partial charge in [-0.1, -0.05) is 26.8 Å². The van der Waals surface area contributed by atoms with Crippen molar-refractivity contribution in [3.8, 4) is 0 Å². The molecule has 0 radical (unpaired) electrons. The van der Waals surface area contributed by atoms with Crippen LogP contribution in [-0.4, -0.2) is 24.1 Å². The predicted molar refractivity (Wildman–Crippen MR) is 121 cm³/mol. The molecule has 0 aromatic heterocycles. The summed E-state index contributed by atoms with van der Waals surface area (Å²) in [5.74, 6) is 2.99. The van der Waals surface area contributed by atoms with E-state index in [4.69, 9.17) is 9.47 Å². The van der Waals surface area contributed by atoms with E-state index in [9.17, 15) is 9.59 Å². The van der Waals surface area contributed by atoms with Crippen LogP contribution in [0.4, 0.5) is 0 Å². The van der Waals surface area contributed by atoms with Crippen LogP contribution in [0, 0.1) is 46.3 Å². The van der Waals surface area contributed by atoms with Gasteiger partial charge in [0.15, 0.2) is 0 Å². The number of carbonyl (C=O) groups is 2. The van der Waals surface area contributed by atoms with Crippen molar-refractivity contribution in [3.05, 3.63) is 12.7 Å². The number of hydrogen-bond acceptors (Lipinski definition) is 4. The van der Waals surface area contributed by atoms with Crippen molar-refractivity contribution in [2.45, 2.75) is 98.2 Å². The lowest BCUT2D eigenvalue weighted by Crippen LogP contribution is -2.59. The first kappa shape index (κ1) is 22.9. The van der Waals surface area contributed by atoms with E-state index in [0.717, 1.165) is 25.7 Å². The third kappa shape index (κ3) is 3.76. The number of hydrogen-bond donors (Lipinski definition) is 0. The second-order valence-corrected chi connectivity index (χ2v) is 11.7. The maximum absolute atomic E-state index is 12.1. The Kier molecular flexibility index (Phi) is 6.07. The maximum Gasteiger partial charge on any atom is 0.302 e. The van der Waals surface area contributed by atoms with Gasteiger partial charge in [0, 0.05) is 19.8 Å². The van der Waals surface area contributed by atoms with E-state index in [0.29, 0.717) is 40.9 Å². The van der Waals surface area contributed by atoms with E-state index >= 15 is 0 Å². The fraction of sp³-hybridized carbons (Fsp3) is 0.852. The molecule has 0 bridgehead atoms. The number of ether oxygens (including phenoxy) is 2. The van der Waals surface area contributed by atoms with Crippen LogP contribution < -0.4 is 0 Å². The third-order valence-electron chi connectivity index (χ3n) is 10.3. The fourth-order valence-electron chi connectivity index (χ4n) is 8.90. The van der Waals surface area contributed by atoms with Crippen molar-refractivity contribution in [2.75, 3.05) is 0 Å². The Morgan fingerprint density at radius 3 is 2.23 bits per heavy atom. The lowest BCUT2D eigenvalue weighted by Gasteiger charge is -2.62. The lowest BCUT2D eigenvalue weighted by molar-refractivity contribution is -0.196. The topological polar surface area (TPSA) is 52.6 Å². The monoisotopic (exact) mass is 430 g/mol. The number of fused-ring (bicyclic) bond motifs is 5. The molecule has 4 aliphatic carbocycles. The molecule has 31 heavy (non-hydrogen) atoms. The minimum Gasteiger partial charge on any atom is -0.463 e. The normalized spacial score (nSPS) is 47.3. The largest absolute Gasteiger partial charge is 0.463 e. The first-order chi connectivity index (χ1) is 14.6. The summed E-state index contributed by atoms with van der Waals surface area (Å²) in [6.45, 7) is 14.5. The van der Waals surface area contributed by atoms with Gasteiger partial charge in [0.2, 0.25) is 0 Å². The molecule has 0 aliphatic heterocycles. The number of esters is 2. The fourth-order valence-corrected chi connectivity index (χ4v) is 8.90. The van der Waals surface area contributed by atoms with Crippen molar-refractivity contribution in [2.24, 2.45) is 46.3 Å². The second-order valence-electron chi connectivity index (χ2n) is 11.7. The van der Waals surface area contributed by atoms with Gasteiger partial charge in [0.1, 0.15) is 12.2 Å². The third-order valence-corrected chi connectivity index (χ3v) is 10.3. The highest BCUT2D eigenvalue weighted by Crippen LogP contribution is 2.68. The van der Waals surface area contributed by atoms with E-state index in [-0.39, 0.29) is 29.6 Å². The summed E-state index contributed by atoms with van der Waals surface area (Å²) in [7, 11) is 0. The van der Waals surface area contributed by atoms with Gasteiger partial charge in [-0.25, -0.2) is 0 Å². The van der Waals surface area contributed by atoms with E-state index in [1.165, 1.54) is 32.6 Å². The molecule has 4 nitrogen and oxygen atoms in total.